The van der Waals surface area contributed by atoms with Crippen LogP contribution in [0.1, 0.15) is 5.56 Å². The Balaban J connectivity index is 2.41. The molecule has 2 rings (SSSR count). The van der Waals surface area contributed by atoms with Crippen LogP contribution in [0.3, 0.4) is 0 Å². The first-order valence-electron chi connectivity index (χ1n) is 5.80. The lowest BCUT2D eigenvalue weighted by Crippen LogP contribution is -1.95. The molecule has 0 aromatic heterocycles. The summed E-state index contributed by atoms with van der Waals surface area (Å²) in [7, 11) is 1.47. The van der Waals surface area contributed by atoms with E-state index < -0.39 is 4.92 Å². The van der Waals surface area contributed by atoms with Crippen LogP contribution in [0.2, 0.25) is 0 Å². The minimum Gasteiger partial charge on any atom is -0.493 e. The first-order valence-corrected chi connectivity index (χ1v) is 6.33. The topological polar surface area (TPSA) is 61.6 Å². The van der Waals surface area contributed by atoms with E-state index in [1.807, 2.05) is 12.1 Å². The smallest absolute Gasteiger partial charge is 0.273 e. The van der Waals surface area contributed by atoms with Gasteiger partial charge in [-0.25, -0.2) is 0 Å². The molecule has 0 fully saturated rings. The summed E-state index contributed by atoms with van der Waals surface area (Å²) in [4.78, 5) is 10.3. The predicted molar refractivity (Wildman–Crippen MR) is 75.7 cm³/mol. The summed E-state index contributed by atoms with van der Waals surface area (Å²) in [5.74, 6) is 1.52. The number of ether oxygens (including phenoxy) is 2. The maximum Gasteiger partial charge on any atom is 0.273 e. The molecule has 2 aromatic rings. The number of rotatable bonds is 5. The molecule has 0 unspecified atom stereocenters. The van der Waals surface area contributed by atoms with Crippen LogP contribution >= 0.6 is 11.6 Å². The monoisotopic (exact) mass is 293 g/mol. The second-order valence-corrected chi connectivity index (χ2v) is 4.20. The predicted octanol–water partition coefficient (Wildman–Crippen LogP) is 4.13. The fourth-order valence-electron chi connectivity index (χ4n) is 1.69. The number of nitrogens with zero attached hydrogens (tertiary/aromatic N) is 1. The van der Waals surface area contributed by atoms with Gasteiger partial charge in [0.25, 0.3) is 5.69 Å². The van der Waals surface area contributed by atoms with Gasteiger partial charge in [0.05, 0.1) is 24.0 Å². The van der Waals surface area contributed by atoms with Crippen LogP contribution in [0.5, 0.6) is 17.2 Å². The molecule has 0 radical (unpaired) electrons. The van der Waals surface area contributed by atoms with Crippen LogP contribution in [-0.4, -0.2) is 12.0 Å². The van der Waals surface area contributed by atoms with Gasteiger partial charge < -0.3 is 9.47 Å². The van der Waals surface area contributed by atoms with E-state index in [-0.39, 0.29) is 17.3 Å². The third kappa shape index (κ3) is 3.00. The van der Waals surface area contributed by atoms with Crippen LogP contribution in [0, 0.1) is 10.1 Å². The minimum atomic E-state index is -0.486. The van der Waals surface area contributed by atoms with E-state index in [1.54, 1.807) is 12.1 Å². The Kier molecular flexibility index (Phi) is 4.42. The van der Waals surface area contributed by atoms with Crippen LogP contribution < -0.4 is 9.47 Å². The second-order valence-electron chi connectivity index (χ2n) is 3.94. The number of non-ortho nitro benzene ring substituents is 1. The minimum absolute atomic E-state index is 0.0656. The highest BCUT2D eigenvalue weighted by Crippen LogP contribution is 2.36. The van der Waals surface area contributed by atoms with Crippen molar-refractivity contribution in [1.29, 1.82) is 0 Å². The van der Waals surface area contributed by atoms with E-state index in [1.165, 1.54) is 25.3 Å². The average molecular weight is 294 g/mol. The third-order valence-corrected chi connectivity index (χ3v) is 2.98. The number of hydrogen-bond acceptors (Lipinski definition) is 4. The van der Waals surface area contributed by atoms with Crippen molar-refractivity contribution in [2.24, 2.45) is 0 Å². The fourth-order valence-corrected chi connectivity index (χ4v) is 1.91. The van der Waals surface area contributed by atoms with Gasteiger partial charge in [-0.15, -0.1) is 11.6 Å². The SMILES string of the molecule is COc1ccc([N+](=O)[O-])cc1Oc1ccccc1CCl. The Morgan fingerprint density at radius 1 is 1.15 bits per heavy atom. The van der Waals surface area contributed by atoms with E-state index in [9.17, 15) is 10.1 Å². The van der Waals surface area contributed by atoms with Gasteiger partial charge in [-0.3, -0.25) is 10.1 Å². The molecule has 6 heteroatoms. The lowest BCUT2D eigenvalue weighted by atomic mass is 10.2. The van der Waals surface area contributed by atoms with Crippen molar-refractivity contribution < 1.29 is 14.4 Å². The summed E-state index contributed by atoms with van der Waals surface area (Å²) in [6, 6.07) is 11.4. The lowest BCUT2D eigenvalue weighted by molar-refractivity contribution is -0.384. The summed E-state index contributed by atoms with van der Waals surface area (Å²) in [6.45, 7) is 0. The van der Waals surface area contributed by atoms with Crippen molar-refractivity contribution in [3.8, 4) is 17.2 Å². The third-order valence-electron chi connectivity index (χ3n) is 2.69. The number of para-hydroxylation sites is 1. The maximum atomic E-state index is 10.8. The van der Waals surface area contributed by atoms with E-state index in [2.05, 4.69) is 0 Å². The van der Waals surface area contributed by atoms with Crippen molar-refractivity contribution >= 4 is 17.3 Å². The van der Waals surface area contributed by atoms with Crippen LogP contribution in [0.4, 0.5) is 5.69 Å². The molecule has 0 heterocycles. The quantitative estimate of drug-likeness (QED) is 0.472. The Labute approximate surface area is 120 Å². The van der Waals surface area contributed by atoms with Gasteiger partial charge in [0.1, 0.15) is 5.75 Å². The molecule has 0 bridgehead atoms. The first-order chi connectivity index (χ1) is 9.65. The fraction of sp³-hybridized carbons (Fsp3) is 0.143. The second kappa shape index (κ2) is 6.25. The highest BCUT2D eigenvalue weighted by atomic mass is 35.5. The number of hydrogen-bond donors (Lipinski definition) is 0. The van der Waals surface area contributed by atoms with Crippen molar-refractivity contribution in [2.75, 3.05) is 7.11 Å². The molecule has 0 aliphatic heterocycles. The Hall–Kier alpha value is -2.27. The van der Waals surface area contributed by atoms with E-state index >= 15 is 0 Å². The standard InChI is InChI=1S/C14H12ClNO4/c1-19-13-7-6-11(16(17)18)8-14(13)20-12-5-3-2-4-10(12)9-15/h2-8H,9H2,1H3. The van der Waals surface area contributed by atoms with Crippen LogP contribution in [0.25, 0.3) is 0 Å². The number of alkyl halides is 1. The normalized spacial score (nSPS) is 10.1. The molecule has 104 valence electrons. The molecule has 20 heavy (non-hydrogen) atoms. The van der Waals surface area contributed by atoms with Gasteiger partial charge in [-0.2, -0.15) is 0 Å². The van der Waals surface area contributed by atoms with E-state index in [0.29, 0.717) is 11.5 Å². The molecule has 0 saturated heterocycles. The van der Waals surface area contributed by atoms with Crippen molar-refractivity contribution in [1.82, 2.24) is 0 Å². The summed E-state index contributed by atoms with van der Waals surface area (Å²) in [6.07, 6.45) is 0. The molecule has 0 N–H and O–H groups in total. The molecule has 0 atom stereocenters. The zero-order valence-corrected chi connectivity index (χ0v) is 11.5. The largest absolute Gasteiger partial charge is 0.493 e. The van der Waals surface area contributed by atoms with E-state index in [0.717, 1.165) is 5.56 Å². The number of halogens is 1. The Bertz CT molecular complexity index is 630. The molecule has 0 saturated carbocycles. The molecular weight excluding hydrogens is 282 g/mol. The van der Waals surface area contributed by atoms with Gasteiger partial charge >= 0.3 is 0 Å². The van der Waals surface area contributed by atoms with Gasteiger partial charge in [-0.05, 0) is 12.1 Å². The van der Waals surface area contributed by atoms with Crippen LogP contribution in [0.15, 0.2) is 42.5 Å². The van der Waals surface area contributed by atoms with Crippen molar-refractivity contribution in [3.63, 3.8) is 0 Å². The molecule has 0 aliphatic rings. The highest BCUT2D eigenvalue weighted by Gasteiger charge is 2.14. The van der Waals surface area contributed by atoms with Gasteiger partial charge in [0, 0.05) is 11.6 Å². The first kappa shape index (κ1) is 14.1. The van der Waals surface area contributed by atoms with Gasteiger partial charge in [0.15, 0.2) is 11.5 Å². The number of nitro groups is 1. The number of methoxy groups -OCH3 is 1. The molecule has 5 nitrogen and oxygen atoms in total. The lowest BCUT2D eigenvalue weighted by Gasteiger charge is -2.12. The highest BCUT2D eigenvalue weighted by molar-refractivity contribution is 6.17. The number of nitro benzene ring substituents is 1. The van der Waals surface area contributed by atoms with Crippen molar-refractivity contribution in [3.05, 3.63) is 58.1 Å². The summed E-state index contributed by atoms with van der Waals surface area (Å²) >= 11 is 5.83. The van der Waals surface area contributed by atoms with Gasteiger partial charge in [-0.1, -0.05) is 18.2 Å². The maximum absolute atomic E-state index is 10.8. The average Bonchev–Trinajstić information content (AvgIpc) is 2.47. The summed E-state index contributed by atoms with van der Waals surface area (Å²) in [5, 5.41) is 10.8. The molecule has 0 aliphatic carbocycles. The molecule has 2 aromatic carbocycles. The number of benzene rings is 2. The Morgan fingerprint density at radius 2 is 1.90 bits per heavy atom. The molecule has 0 amide bonds. The van der Waals surface area contributed by atoms with E-state index in [4.69, 9.17) is 21.1 Å². The zero-order valence-electron chi connectivity index (χ0n) is 10.7. The molecular formula is C14H12ClNO4. The van der Waals surface area contributed by atoms with Gasteiger partial charge in [0.2, 0.25) is 0 Å². The Morgan fingerprint density at radius 3 is 2.55 bits per heavy atom. The van der Waals surface area contributed by atoms with Crippen molar-refractivity contribution in [2.45, 2.75) is 5.88 Å². The van der Waals surface area contributed by atoms with Crippen LogP contribution in [-0.2, 0) is 5.88 Å². The summed E-state index contributed by atoms with van der Waals surface area (Å²) < 4.78 is 10.8. The zero-order chi connectivity index (χ0) is 14.5. The summed E-state index contributed by atoms with van der Waals surface area (Å²) in [5.41, 5.74) is 0.729. The molecule has 0 spiro atoms.